The van der Waals surface area contributed by atoms with E-state index in [1.807, 2.05) is 13.1 Å². The van der Waals surface area contributed by atoms with Crippen LogP contribution in [0.4, 0.5) is 5.82 Å². The molecule has 90 valence electrons. The minimum atomic E-state index is 0.788. The van der Waals surface area contributed by atoms with Gasteiger partial charge in [0.2, 0.25) is 0 Å². The SMILES string of the molecule is Cc1cnc(N(C)CCCCCN)c(Br)c1. The second-order valence-electron chi connectivity index (χ2n) is 4.09. The van der Waals surface area contributed by atoms with Crippen molar-refractivity contribution in [2.24, 2.45) is 5.73 Å². The van der Waals surface area contributed by atoms with E-state index in [9.17, 15) is 0 Å². The number of anilines is 1. The summed E-state index contributed by atoms with van der Waals surface area (Å²) in [5, 5.41) is 0. The molecular formula is C12H20BrN3. The van der Waals surface area contributed by atoms with Crippen LogP contribution in [-0.4, -0.2) is 25.1 Å². The van der Waals surface area contributed by atoms with Crippen molar-refractivity contribution in [1.29, 1.82) is 0 Å². The summed E-state index contributed by atoms with van der Waals surface area (Å²) in [6, 6.07) is 2.10. The maximum absolute atomic E-state index is 5.46. The van der Waals surface area contributed by atoms with Crippen LogP contribution in [0.3, 0.4) is 0 Å². The number of unbranched alkanes of at least 4 members (excludes halogenated alkanes) is 2. The van der Waals surface area contributed by atoms with Crippen molar-refractivity contribution in [2.75, 3.05) is 25.0 Å². The van der Waals surface area contributed by atoms with Gasteiger partial charge >= 0.3 is 0 Å². The van der Waals surface area contributed by atoms with Crippen molar-refractivity contribution < 1.29 is 0 Å². The molecular weight excluding hydrogens is 266 g/mol. The van der Waals surface area contributed by atoms with Gasteiger partial charge in [0.15, 0.2) is 0 Å². The molecule has 4 heteroatoms. The molecule has 0 aliphatic carbocycles. The smallest absolute Gasteiger partial charge is 0.142 e. The number of halogens is 1. The number of hydrogen-bond acceptors (Lipinski definition) is 3. The Hall–Kier alpha value is -0.610. The van der Waals surface area contributed by atoms with E-state index in [4.69, 9.17) is 5.73 Å². The molecule has 0 saturated carbocycles. The molecule has 2 N–H and O–H groups in total. The van der Waals surface area contributed by atoms with Crippen LogP contribution < -0.4 is 10.6 Å². The first kappa shape index (κ1) is 13.5. The number of pyridine rings is 1. The molecule has 1 heterocycles. The molecule has 0 radical (unpaired) electrons. The number of hydrogen-bond donors (Lipinski definition) is 1. The molecule has 0 fully saturated rings. The quantitative estimate of drug-likeness (QED) is 0.818. The van der Waals surface area contributed by atoms with E-state index in [0.717, 1.165) is 36.2 Å². The number of aromatic nitrogens is 1. The fourth-order valence-electron chi connectivity index (χ4n) is 1.58. The normalized spacial score (nSPS) is 10.5. The van der Waals surface area contributed by atoms with Gasteiger partial charge in [-0.25, -0.2) is 4.98 Å². The van der Waals surface area contributed by atoms with Gasteiger partial charge < -0.3 is 10.6 Å². The van der Waals surface area contributed by atoms with Crippen molar-refractivity contribution in [2.45, 2.75) is 26.2 Å². The van der Waals surface area contributed by atoms with Gasteiger partial charge in [0.05, 0.1) is 4.47 Å². The Kier molecular flexibility index (Phi) is 5.77. The highest BCUT2D eigenvalue weighted by Crippen LogP contribution is 2.23. The van der Waals surface area contributed by atoms with Crippen LogP contribution in [0, 0.1) is 6.92 Å². The maximum atomic E-state index is 5.46. The van der Waals surface area contributed by atoms with Gasteiger partial charge in [-0.15, -0.1) is 0 Å². The highest BCUT2D eigenvalue weighted by atomic mass is 79.9. The second kappa shape index (κ2) is 6.86. The van der Waals surface area contributed by atoms with Gasteiger partial charge in [0, 0.05) is 19.8 Å². The summed E-state index contributed by atoms with van der Waals surface area (Å²) in [4.78, 5) is 6.61. The molecule has 0 spiro atoms. The Bertz CT molecular complexity index is 328. The molecule has 0 aliphatic heterocycles. The van der Waals surface area contributed by atoms with Gasteiger partial charge in [-0.1, -0.05) is 6.42 Å². The minimum absolute atomic E-state index is 0.788. The van der Waals surface area contributed by atoms with Gasteiger partial charge in [0.1, 0.15) is 5.82 Å². The van der Waals surface area contributed by atoms with Crippen LogP contribution in [0.5, 0.6) is 0 Å². The van der Waals surface area contributed by atoms with Crippen molar-refractivity contribution in [1.82, 2.24) is 4.98 Å². The third-order valence-corrected chi connectivity index (χ3v) is 3.10. The Morgan fingerprint density at radius 1 is 1.38 bits per heavy atom. The first-order valence-electron chi connectivity index (χ1n) is 5.68. The predicted molar refractivity (Wildman–Crippen MR) is 72.8 cm³/mol. The van der Waals surface area contributed by atoms with Crippen LogP contribution in [0.2, 0.25) is 0 Å². The summed E-state index contributed by atoms with van der Waals surface area (Å²) < 4.78 is 1.06. The van der Waals surface area contributed by atoms with Crippen molar-refractivity contribution >= 4 is 21.7 Å². The first-order valence-corrected chi connectivity index (χ1v) is 6.48. The standard InChI is InChI=1S/C12H20BrN3/c1-10-8-11(13)12(15-9-10)16(2)7-5-3-4-6-14/h8-9H,3-7,14H2,1-2H3. The zero-order chi connectivity index (χ0) is 12.0. The molecule has 0 aromatic carbocycles. The van der Waals surface area contributed by atoms with E-state index < -0.39 is 0 Å². The second-order valence-corrected chi connectivity index (χ2v) is 4.94. The molecule has 16 heavy (non-hydrogen) atoms. The van der Waals surface area contributed by atoms with Gasteiger partial charge in [-0.05, 0) is 53.9 Å². The van der Waals surface area contributed by atoms with Gasteiger partial charge in [-0.3, -0.25) is 0 Å². The third kappa shape index (κ3) is 4.10. The summed E-state index contributed by atoms with van der Waals surface area (Å²) >= 11 is 3.55. The highest BCUT2D eigenvalue weighted by molar-refractivity contribution is 9.10. The Balaban J connectivity index is 2.49. The zero-order valence-electron chi connectivity index (χ0n) is 10.0. The van der Waals surface area contributed by atoms with Crippen LogP contribution >= 0.6 is 15.9 Å². The van der Waals surface area contributed by atoms with E-state index >= 15 is 0 Å². The summed E-state index contributed by atoms with van der Waals surface area (Å²) in [5.41, 5.74) is 6.64. The highest BCUT2D eigenvalue weighted by Gasteiger charge is 2.06. The van der Waals surface area contributed by atoms with E-state index in [0.29, 0.717) is 0 Å². The van der Waals surface area contributed by atoms with E-state index in [2.05, 4.69) is 38.9 Å². The molecule has 1 rings (SSSR count). The lowest BCUT2D eigenvalue weighted by atomic mass is 10.2. The van der Waals surface area contributed by atoms with Crippen LogP contribution in [0.15, 0.2) is 16.7 Å². The first-order chi connectivity index (χ1) is 7.65. The largest absolute Gasteiger partial charge is 0.359 e. The molecule has 0 atom stereocenters. The third-order valence-electron chi connectivity index (χ3n) is 2.52. The van der Waals surface area contributed by atoms with Crippen molar-refractivity contribution in [3.05, 3.63) is 22.3 Å². The van der Waals surface area contributed by atoms with Gasteiger partial charge in [-0.2, -0.15) is 0 Å². The van der Waals surface area contributed by atoms with Crippen LogP contribution in [-0.2, 0) is 0 Å². The average molecular weight is 286 g/mol. The zero-order valence-corrected chi connectivity index (χ0v) is 11.6. The molecule has 1 aromatic heterocycles. The lowest BCUT2D eigenvalue weighted by molar-refractivity contribution is 0.675. The number of nitrogens with two attached hydrogens (primary N) is 1. The predicted octanol–water partition coefficient (Wildman–Crippen LogP) is 2.72. The van der Waals surface area contributed by atoms with E-state index in [-0.39, 0.29) is 0 Å². The van der Waals surface area contributed by atoms with Gasteiger partial charge in [0.25, 0.3) is 0 Å². The molecule has 0 bridgehead atoms. The molecule has 1 aromatic rings. The van der Waals surface area contributed by atoms with Crippen molar-refractivity contribution in [3.63, 3.8) is 0 Å². The van der Waals surface area contributed by atoms with Crippen LogP contribution in [0.25, 0.3) is 0 Å². The fourth-order valence-corrected chi connectivity index (χ4v) is 2.35. The summed E-state index contributed by atoms with van der Waals surface area (Å²) in [6.45, 7) is 3.85. The summed E-state index contributed by atoms with van der Waals surface area (Å²) in [6.07, 6.45) is 5.35. The molecule has 0 unspecified atom stereocenters. The lowest BCUT2D eigenvalue weighted by Gasteiger charge is -2.19. The van der Waals surface area contributed by atoms with E-state index in [1.54, 1.807) is 0 Å². The van der Waals surface area contributed by atoms with Crippen LogP contribution in [0.1, 0.15) is 24.8 Å². The topological polar surface area (TPSA) is 42.2 Å². The summed E-state index contributed by atoms with van der Waals surface area (Å²) in [7, 11) is 2.07. The average Bonchev–Trinajstić information content (AvgIpc) is 2.24. The molecule has 3 nitrogen and oxygen atoms in total. The fraction of sp³-hybridized carbons (Fsp3) is 0.583. The molecule has 0 aliphatic rings. The molecule has 0 saturated heterocycles. The van der Waals surface area contributed by atoms with E-state index in [1.165, 1.54) is 12.0 Å². The maximum Gasteiger partial charge on any atom is 0.142 e. The lowest BCUT2D eigenvalue weighted by Crippen LogP contribution is -2.20. The number of nitrogens with zero attached hydrogens (tertiary/aromatic N) is 2. The Morgan fingerprint density at radius 3 is 2.75 bits per heavy atom. The molecule has 0 amide bonds. The number of aryl methyl sites for hydroxylation is 1. The monoisotopic (exact) mass is 285 g/mol. The van der Waals surface area contributed by atoms with Crippen molar-refractivity contribution in [3.8, 4) is 0 Å². The Morgan fingerprint density at radius 2 is 2.12 bits per heavy atom. The number of rotatable bonds is 6. The summed E-state index contributed by atoms with van der Waals surface area (Å²) in [5.74, 6) is 1.01. The Labute approximate surface area is 106 Å². The minimum Gasteiger partial charge on any atom is -0.359 e.